The lowest BCUT2D eigenvalue weighted by molar-refractivity contribution is -0.119. The van der Waals surface area contributed by atoms with Crippen LogP contribution in [0, 0.1) is 6.92 Å². The molecule has 2 N–H and O–H groups in total. The number of carbonyl (C=O) groups excluding carboxylic acids is 1. The summed E-state index contributed by atoms with van der Waals surface area (Å²) in [5.41, 5.74) is 5.44. The molecule has 0 bridgehead atoms. The van der Waals surface area contributed by atoms with Crippen LogP contribution < -0.4 is 10.6 Å². The van der Waals surface area contributed by atoms with E-state index >= 15 is 0 Å². The summed E-state index contributed by atoms with van der Waals surface area (Å²) in [5.74, 6) is 1.17. The minimum Gasteiger partial charge on any atom is -0.368 e. The molecule has 2 rings (SSSR count). The van der Waals surface area contributed by atoms with Crippen molar-refractivity contribution in [2.45, 2.75) is 32.2 Å². The molecule has 1 aromatic rings. The molecule has 1 amide bonds. The number of piperidine rings is 1. The van der Waals surface area contributed by atoms with E-state index in [4.69, 9.17) is 5.73 Å². The van der Waals surface area contributed by atoms with Gasteiger partial charge in [0.25, 0.3) is 0 Å². The van der Waals surface area contributed by atoms with Crippen molar-refractivity contribution in [3.8, 4) is 0 Å². The molecule has 0 saturated carbocycles. The van der Waals surface area contributed by atoms with E-state index in [0.29, 0.717) is 5.82 Å². The number of hydrogen-bond acceptors (Lipinski definition) is 4. The molecule has 0 aliphatic carbocycles. The first-order valence-electron chi connectivity index (χ1n) is 5.65. The molecule has 1 aromatic heterocycles. The third-order valence-corrected chi connectivity index (χ3v) is 3.32. The summed E-state index contributed by atoms with van der Waals surface area (Å²) >= 11 is 3.34. The van der Waals surface area contributed by atoms with E-state index in [1.54, 1.807) is 0 Å². The zero-order valence-corrected chi connectivity index (χ0v) is 11.3. The molecule has 0 spiro atoms. The van der Waals surface area contributed by atoms with E-state index in [1.165, 1.54) is 0 Å². The molecule has 1 aliphatic heterocycles. The summed E-state index contributed by atoms with van der Waals surface area (Å²) in [6.07, 6.45) is 2.90. The smallest absolute Gasteiger partial charge is 0.240 e. The number of hydrogen-bond donors (Lipinski definition) is 1. The fourth-order valence-electron chi connectivity index (χ4n) is 2.17. The quantitative estimate of drug-likeness (QED) is 0.838. The zero-order chi connectivity index (χ0) is 12.4. The van der Waals surface area contributed by atoms with Gasteiger partial charge in [0.2, 0.25) is 5.91 Å². The number of nitrogens with two attached hydrogens (primary N) is 1. The van der Waals surface area contributed by atoms with Crippen molar-refractivity contribution in [1.82, 2.24) is 9.97 Å². The number of nitrogens with zero attached hydrogens (tertiary/aromatic N) is 3. The molecule has 1 atom stereocenters. The number of aryl methyl sites for hydroxylation is 1. The van der Waals surface area contributed by atoms with Gasteiger partial charge in [-0.05, 0) is 42.1 Å². The Hall–Kier alpha value is -1.17. The third kappa shape index (κ3) is 2.74. The second kappa shape index (κ2) is 5.00. The molecular formula is C11H15BrN4O. The second-order valence-corrected chi connectivity index (χ2v) is 5.02. The fourth-order valence-corrected chi connectivity index (χ4v) is 2.63. The van der Waals surface area contributed by atoms with Crippen molar-refractivity contribution in [2.24, 2.45) is 5.73 Å². The van der Waals surface area contributed by atoms with Gasteiger partial charge >= 0.3 is 0 Å². The molecule has 5 nitrogen and oxygen atoms in total. The van der Waals surface area contributed by atoms with E-state index in [2.05, 4.69) is 25.9 Å². The Kier molecular flexibility index (Phi) is 3.61. The summed E-state index contributed by atoms with van der Waals surface area (Å²) in [6.45, 7) is 2.65. The van der Waals surface area contributed by atoms with Gasteiger partial charge in [0, 0.05) is 12.6 Å². The maximum atomic E-state index is 11.4. The Morgan fingerprint density at radius 3 is 2.94 bits per heavy atom. The molecule has 1 fully saturated rings. The Bertz CT molecular complexity index is 417. The highest BCUT2D eigenvalue weighted by molar-refractivity contribution is 9.10. The fraction of sp³-hybridized carbons (Fsp3) is 0.545. The molecular weight excluding hydrogens is 284 g/mol. The Labute approximate surface area is 109 Å². The topological polar surface area (TPSA) is 72.1 Å². The normalized spacial score (nSPS) is 20.4. The molecule has 92 valence electrons. The first-order valence-corrected chi connectivity index (χ1v) is 6.44. The number of carbonyl (C=O) groups is 1. The highest BCUT2D eigenvalue weighted by Gasteiger charge is 2.28. The maximum Gasteiger partial charge on any atom is 0.240 e. The first-order chi connectivity index (χ1) is 8.08. The number of amides is 1. The lowest BCUT2D eigenvalue weighted by Gasteiger charge is -2.34. The number of anilines is 1. The molecule has 17 heavy (non-hydrogen) atoms. The minimum absolute atomic E-state index is 0.245. The van der Waals surface area contributed by atoms with Crippen molar-refractivity contribution in [2.75, 3.05) is 11.4 Å². The number of primary amides is 1. The molecule has 6 heteroatoms. The molecule has 1 unspecified atom stereocenters. The number of halogens is 1. The van der Waals surface area contributed by atoms with Gasteiger partial charge in [0.1, 0.15) is 22.3 Å². The van der Waals surface area contributed by atoms with Gasteiger partial charge in [0.15, 0.2) is 0 Å². The number of rotatable bonds is 2. The second-order valence-electron chi connectivity index (χ2n) is 4.20. The Balaban J connectivity index is 2.32. The predicted octanol–water partition coefficient (Wildman–Crippen LogP) is 1.39. The molecule has 1 saturated heterocycles. The van der Waals surface area contributed by atoms with Gasteiger partial charge in [-0.3, -0.25) is 4.79 Å². The Morgan fingerprint density at radius 1 is 1.53 bits per heavy atom. The minimum atomic E-state index is -0.280. The largest absolute Gasteiger partial charge is 0.368 e. The van der Waals surface area contributed by atoms with E-state index < -0.39 is 0 Å². The monoisotopic (exact) mass is 298 g/mol. The van der Waals surface area contributed by atoms with Crippen LogP contribution >= 0.6 is 15.9 Å². The van der Waals surface area contributed by atoms with Crippen molar-refractivity contribution in [3.05, 3.63) is 16.5 Å². The summed E-state index contributed by atoms with van der Waals surface area (Å²) in [5, 5.41) is 0. The van der Waals surface area contributed by atoms with Gasteiger partial charge < -0.3 is 10.6 Å². The summed E-state index contributed by atoms with van der Waals surface area (Å²) in [6, 6.07) is 1.58. The van der Waals surface area contributed by atoms with E-state index in [-0.39, 0.29) is 11.9 Å². The first kappa shape index (κ1) is 12.3. The summed E-state index contributed by atoms with van der Waals surface area (Å²) in [7, 11) is 0. The van der Waals surface area contributed by atoms with Crippen LogP contribution in [0.1, 0.15) is 25.1 Å². The van der Waals surface area contributed by atoms with Crippen molar-refractivity contribution < 1.29 is 4.79 Å². The Morgan fingerprint density at radius 2 is 2.29 bits per heavy atom. The lowest BCUT2D eigenvalue weighted by Crippen LogP contribution is -2.48. The van der Waals surface area contributed by atoms with Crippen LogP contribution in [0.5, 0.6) is 0 Å². The standard InChI is InChI=1S/C11H15BrN4O/c1-7-14-9(12)6-10(15-7)16-5-3-2-4-8(16)11(13)17/h6,8H,2-5H2,1H3,(H2,13,17). The van der Waals surface area contributed by atoms with Crippen LogP contribution in [-0.2, 0) is 4.79 Å². The predicted molar refractivity (Wildman–Crippen MR) is 68.6 cm³/mol. The molecule has 0 aromatic carbocycles. The lowest BCUT2D eigenvalue weighted by atomic mass is 10.0. The average Bonchev–Trinajstić information content (AvgIpc) is 2.27. The van der Waals surface area contributed by atoms with Crippen LogP contribution in [0.3, 0.4) is 0 Å². The van der Waals surface area contributed by atoms with Crippen molar-refractivity contribution in [3.63, 3.8) is 0 Å². The van der Waals surface area contributed by atoms with Crippen molar-refractivity contribution >= 4 is 27.7 Å². The highest BCUT2D eigenvalue weighted by Crippen LogP contribution is 2.24. The van der Waals surface area contributed by atoms with Crippen LogP contribution in [0.2, 0.25) is 0 Å². The van der Waals surface area contributed by atoms with E-state index in [0.717, 1.165) is 36.2 Å². The molecule has 1 aliphatic rings. The average molecular weight is 299 g/mol. The third-order valence-electron chi connectivity index (χ3n) is 2.92. The highest BCUT2D eigenvalue weighted by atomic mass is 79.9. The van der Waals surface area contributed by atoms with Crippen molar-refractivity contribution in [1.29, 1.82) is 0 Å². The molecule has 2 heterocycles. The summed E-state index contributed by atoms with van der Waals surface area (Å²) < 4.78 is 0.730. The van der Waals surface area contributed by atoms with Gasteiger partial charge in [0.05, 0.1) is 0 Å². The van der Waals surface area contributed by atoms with E-state index in [9.17, 15) is 4.79 Å². The van der Waals surface area contributed by atoms with Gasteiger partial charge in [-0.25, -0.2) is 9.97 Å². The van der Waals surface area contributed by atoms with Crippen LogP contribution in [0.25, 0.3) is 0 Å². The van der Waals surface area contributed by atoms with Gasteiger partial charge in [-0.15, -0.1) is 0 Å². The van der Waals surface area contributed by atoms with Crippen LogP contribution in [-0.4, -0.2) is 28.5 Å². The molecule has 0 radical (unpaired) electrons. The van der Waals surface area contributed by atoms with E-state index in [1.807, 2.05) is 17.9 Å². The zero-order valence-electron chi connectivity index (χ0n) is 9.69. The van der Waals surface area contributed by atoms with Crippen LogP contribution in [0.15, 0.2) is 10.7 Å². The maximum absolute atomic E-state index is 11.4. The van der Waals surface area contributed by atoms with Gasteiger partial charge in [-0.1, -0.05) is 0 Å². The van der Waals surface area contributed by atoms with Crippen LogP contribution in [0.4, 0.5) is 5.82 Å². The van der Waals surface area contributed by atoms with Gasteiger partial charge in [-0.2, -0.15) is 0 Å². The summed E-state index contributed by atoms with van der Waals surface area (Å²) in [4.78, 5) is 21.9. The SMILES string of the molecule is Cc1nc(Br)cc(N2CCCCC2C(N)=O)n1. The number of aromatic nitrogens is 2.